The fourth-order valence-electron chi connectivity index (χ4n) is 3.84. The van der Waals surface area contributed by atoms with Gasteiger partial charge in [-0.25, -0.2) is 8.42 Å². The van der Waals surface area contributed by atoms with Crippen LogP contribution in [0.1, 0.15) is 38.6 Å². The number of nitrogens with zero attached hydrogens (tertiary/aromatic N) is 1. The van der Waals surface area contributed by atoms with Crippen molar-refractivity contribution in [3.05, 3.63) is 82.0 Å². The number of anilines is 1. The molecule has 1 saturated heterocycles. The molecule has 1 aliphatic rings. The Morgan fingerprint density at radius 3 is 2.26 bits per heavy atom. The minimum absolute atomic E-state index is 0.0482. The van der Waals surface area contributed by atoms with Crippen LogP contribution in [0.2, 0.25) is 0 Å². The second kappa shape index (κ2) is 11.1. The maximum Gasteiger partial charge on any atom is 0.261 e. The summed E-state index contributed by atoms with van der Waals surface area (Å²) in [4.78, 5) is 27.7. The largest absolute Gasteiger partial charge is 0.379 e. The molecule has 8 nitrogen and oxygen atoms in total. The van der Waals surface area contributed by atoms with Crippen LogP contribution in [0.5, 0.6) is 0 Å². The molecule has 4 rings (SSSR count). The average Bonchev–Trinajstić information content (AvgIpc) is 3.40. The monoisotopic (exact) mass is 513 g/mol. The van der Waals surface area contributed by atoms with Gasteiger partial charge < -0.3 is 10.1 Å². The van der Waals surface area contributed by atoms with Crippen LogP contribution in [0.25, 0.3) is 0 Å². The van der Waals surface area contributed by atoms with Crippen molar-refractivity contribution in [1.29, 1.82) is 0 Å². The number of carbonyl (C=O) groups is 2. The van der Waals surface area contributed by atoms with Gasteiger partial charge >= 0.3 is 0 Å². The van der Waals surface area contributed by atoms with E-state index in [-0.39, 0.29) is 22.6 Å². The van der Waals surface area contributed by atoms with Crippen LogP contribution in [0.15, 0.2) is 70.9 Å². The van der Waals surface area contributed by atoms with Gasteiger partial charge in [0.25, 0.3) is 15.9 Å². The summed E-state index contributed by atoms with van der Waals surface area (Å²) < 4.78 is 33.3. The minimum atomic E-state index is -3.82. The van der Waals surface area contributed by atoms with Gasteiger partial charge in [0.15, 0.2) is 5.78 Å². The fourth-order valence-corrected chi connectivity index (χ4v) is 5.76. The molecule has 0 bridgehead atoms. The first-order valence-electron chi connectivity index (χ1n) is 11.2. The van der Waals surface area contributed by atoms with Crippen LogP contribution in [0, 0.1) is 0 Å². The first kappa shape index (κ1) is 25.1. The molecule has 184 valence electrons. The molecule has 2 aromatic carbocycles. The van der Waals surface area contributed by atoms with Gasteiger partial charge in [-0.3, -0.25) is 19.2 Å². The lowest BCUT2D eigenvalue weighted by Crippen LogP contribution is -2.43. The number of morpholine rings is 1. The Kier molecular flexibility index (Phi) is 7.97. The summed E-state index contributed by atoms with van der Waals surface area (Å²) in [6, 6.07) is 16.2. The third-order valence-electron chi connectivity index (χ3n) is 5.78. The van der Waals surface area contributed by atoms with Crippen molar-refractivity contribution in [3.8, 4) is 0 Å². The molecule has 1 aliphatic heterocycles. The van der Waals surface area contributed by atoms with Crippen molar-refractivity contribution in [1.82, 2.24) is 10.2 Å². The molecular formula is C25H27N3O5S2. The van der Waals surface area contributed by atoms with Crippen molar-refractivity contribution in [3.63, 3.8) is 0 Å². The van der Waals surface area contributed by atoms with Gasteiger partial charge in [0.1, 0.15) is 0 Å². The van der Waals surface area contributed by atoms with Gasteiger partial charge in [0, 0.05) is 41.3 Å². The van der Waals surface area contributed by atoms with E-state index in [9.17, 15) is 18.0 Å². The predicted molar refractivity (Wildman–Crippen MR) is 135 cm³/mol. The van der Waals surface area contributed by atoms with Gasteiger partial charge in [0.05, 0.1) is 24.2 Å². The summed E-state index contributed by atoms with van der Waals surface area (Å²) in [6.45, 7) is 4.85. The zero-order valence-corrected chi connectivity index (χ0v) is 20.9. The highest BCUT2D eigenvalue weighted by atomic mass is 32.2. The number of hydrogen-bond acceptors (Lipinski definition) is 7. The van der Waals surface area contributed by atoms with E-state index in [0.29, 0.717) is 36.6 Å². The van der Waals surface area contributed by atoms with Crippen LogP contribution in [0.4, 0.5) is 5.69 Å². The number of sulfonamides is 1. The molecule has 0 saturated carbocycles. The molecule has 1 amide bonds. The number of thiophene rings is 1. The highest BCUT2D eigenvalue weighted by molar-refractivity contribution is 7.92. The van der Waals surface area contributed by atoms with E-state index in [2.05, 4.69) is 21.0 Å². The quantitative estimate of drug-likeness (QED) is 0.424. The molecule has 2 heterocycles. The molecule has 1 atom stereocenters. The van der Waals surface area contributed by atoms with Crippen LogP contribution in [0.3, 0.4) is 0 Å². The fraction of sp³-hybridized carbons (Fsp3) is 0.280. The van der Waals surface area contributed by atoms with Crippen LogP contribution < -0.4 is 10.0 Å². The van der Waals surface area contributed by atoms with Crippen molar-refractivity contribution in [2.24, 2.45) is 0 Å². The number of rotatable bonds is 9. The van der Waals surface area contributed by atoms with Gasteiger partial charge in [0.2, 0.25) is 0 Å². The lowest BCUT2D eigenvalue weighted by Gasteiger charge is -2.34. The van der Waals surface area contributed by atoms with Gasteiger partial charge in [-0.05, 0) is 54.8 Å². The topological polar surface area (TPSA) is 105 Å². The minimum Gasteiger partial charge on any atom is -0.379 e. The number of amides is 1. The van der Waals surface area contributed by atoms with E-state index < -0.39 is 10.0 Å². The smallest absolute Gasteiger partial charge is 0.261 e. The van der Waals surface area contributed by atoms with Gasteiger partial charge in [-0.1, -0.05) is 18.2 Å². The molecule has 0 radical (unpaired) electrons. The summed E-state index contributed by atoms with van der Waals surface area (Å²) in [7, 11) is -3.82. The lowest BCUT2D eigenvalue weighted by molar-refractivity contribution is 0.0169. The van der Waals surface area contributed by atoms with Crippen LogP contribution in [-0.2, 0) is 14.8 Å². The van der Waals surface area contributed by atoms with Crippen molar-refractivity contribution < 1.29 is 22.7 Å². The highest BCUT2D eigenvalue weighted by Gasteiger charge is 2.24. The number of Topliss-reactive ketones (excluding diaryl/α,β-unsaturated/α-hetero) is 1. The molecule has 1 fully saturated rings. The zero-order valence-electron chi connectivity index (χ0n) is 19.3. The normalized spacial score (nSPS) is 15.3. The van der Waals surface area contributed by atoms with Gasteiger partial charge in [-0.2, -0.15) is 0 Å². The summed E-state index contributed by atoms with van der Waals surface area (Å²) in [5.74, 6) is -0.364. The summed E-state index contributed by atoms with van der Waals surface area (Å²) in [5, 5.41) is 5.04. The first-order valence-corrected chi connectivity index (χ1v) is 13.6. The number of ether oxygens (including phenoxy) is 1. The Bertz CT molecular complexity index is 1250. The van der Waals surface area contributed by atoms with E-state index in [1.807, 2.05) is 11.4 Å². The lowest BCUT2D eigenvalue weighted by atomic mass is 10.1. The predicted octanol–water partition coefficient (Wildman–Crippen LogP) is 3.55. The van der Waals surface area contributed by atoms with Gasteiger partial charge in [-0.15, -0.1) is 11.3 Å². The second-order valence-electron chi connectivity index (χ2n) is 8.15. The average molecular weight is 514 g/mol. The summed E-state index contributed by atoms with van der Waals surface area (Å²) in [5.41, 5.74) is 1.21. The van der Waals surface area contributed by atoms with Crippen LogP contribution >= 0.6 is 11.3 Å². The number of carbonyl (C=O) groups excluding carboxylic acids is 2. The van der Waals surface area contributed by atoms with E-state index in [1.54, 1.807) is 35.6 Å². The molecule has 3 aromatic rings. The molecule has 2 N–H and O–H groups in total. The number of hydrogen-bond donors (Lipinski definition) is 2. The van der Waals surface area contributed by atoms with E-state index >= 15 is 0 Å². The summed E-state index contributed by atoms with van der Waals surface area (Å²) in [6.07, 6.45) is 0. The number of ketones is 1. The van der Waals surface area contributed by atoms with E-state index in [0.717, 1.165) is 13.1 Å². The van der Waals surface area contributed by atoms with Crippen molar-refractivity contribution in [2.75, 3.05) is 37.6 Å². The maximum atomic E-state index is 12.8. The Morgan fingerprint density at radius 2 is 1.66 bits per heavy atom. The molecule has 0 unspecified atom stereocenters. The molecule has 0 spiro atoms. The number of benzene rings is 2. The van der Waals surface area contributed by atoms with Crippen molar-refractivity contribution in [2.45, 2.75) is 17.9 Å². The molecule has 10 heteroatoms. The SMILES string of the molecule is CC(=O)c1ccc(S(=O)(=O)Nc2ccc(C(=O)NC[C@H](c3cccs3)N3CCOCC3)cc2)cc1. The Morgan fingerprint density at radius 1 is 1.00 bits per heavy atom. The Labute approximate surface area is 209 Å². The standard InChI is InChI=1S/C25H27N3O5S2/c1-18(29)19-6-10-22(11-7-19)35(31,32)27-21-8-4-20(5-9-21)25(30)26-17-23(24-3-2-16-34-24)28-12-14-33-15-13-28/h2-11,16,23,27H,12-15,17H2,1H3,(H,26,30)/t23-/m1/s1. The molecule has 1 aromatic heterocycles. The summed E-state index contributed by atoms with van der Waals surface area (Å²) >= 11 is 1.66. The van der Waals surface area contributed by atoms with E-state index in [4.69, 9.17) is 4.74 Å². The molecule has 35 heavy (non-hydrogen) atoms. The third kappa shape index (κ3) is 6.34. The molecule has 0 aliphatic carbocycles. The third-order valence-corrected chi connectivity index (χ3v) is 8.16. The second-order valence-corrected chi connectivity index (χ2v) is 10.8. The number of nitrogens with one attached hydrogen (secondary N) is 2. The first-order chi connectivity index (χ1) is 16.8. The Balaban J connectivity index is 1.38. The van der Waals surface area contributed by atoms with Crippen LogP contribution in [-0.4, -0.2) is 57.9 Å². The highest BCUT2D eigenvalue weighted by Crippen LogP contribution is 2.25. The van der Waals surface area contributed by atoms with E-state index in [1.165, 1.54) is 36.1 Å². The molecular weight excluding hydrogens is 486 g/mol. The Hall–Kier alpha value is -3.05. The van der Waals surface area contributed by atoms with Crippen molar-refractivity contribution >= 4 is 38.7 Å². The zero-order chi connectivity index (χ0) is 24.8. The maximum absolute atomic E-state index is 12.8.